The molecule has 0 amide bonds. The highest BCUT2D eigenvalue weighted by molar-refractivity contribution is 14.0. The second kappa shape index (κ2) is 9.94. The summed E-state index contributed by atoms with van der Waals surface area (Å²) in [5, 5.41) is 13.9. The van der Waals surface area contributed by atoms with Gasteiger partial charge in [0.05, 0.1) is 17.9 Å². The lowest BCUT2D eigenvalue weighted by molar-refractivity contribution is 0.696. The van der Waals surface area contributed by atoms with E-state index in [1.54, 1.807) is 18.4 Å². The molecule has 8 heteroatoms. The zero-order valence-electron chi connectivity index (χ0n) is 14.5. The minimum Gasteiger partial charge on any atom is -0.352 e. The maximum atomic E-state index is 5.92. The molecule has 0 aliphatic heterocycles. The summed E-state index contributed by atoms with van der Waals surface area (Å²) in [6.45, 7) is 2.77. The Labute approximate surface area is 179 Å². The predicted molar refractivity (Wildman–Crippen MR) is 120 cm³/mol. The Morgan fingerprint density at radius 3 is 2.73 bits per heavy atom. The molecule has 2 aromatic heterocycles. The first-order valence-corrected chi connectivity index (χ1v) is 9.21. The van der Waals surface area contributed by atoms with Gasteiger partial charge in [-0.15, -0.1) is 35.3 Å². The number of nitrogens with one attached hydrogen (secondary N) is 2. The Morgan fingerprint density at radius 1 is 1.31 bits per heavy atom. The molecule has 0 aliphatic rings. The number of hydrogen-bond donors (Lipinski definition) is 2. The van der Waals surface area contributed by atoms with Crippen molar-refractivity contribution in [1.29, 1.82) is 0 Å². The van der Waals surface area contributed by atoms with E-state index in [0.29, 0.717) is 11.6 Å². The molecular formula is C18H21ClIN5S. The average Bonchev–Trinajstić information content (AvgIpc) is 3.31. The van der Waals surface area contributed by atoms with Gasteiger partial charge in [0.1, 0.15) is 0 Å². The van der Waals surface area contributed by atoms with Crippen LogP contribution in [-0.4, -0.2) is 22.8 Å². The van der Waals surface area contributed by atoms with Gasteiger partial charge in [-0.25, -0.2) is 4.68 Å². The fraction of sp³-hybridized carbons (Fsp3) is 0.222. The third kappa shape index (κ3) is 5.46. The van der Waals surface area contributed by atoms with Gasteiger partial charge in [-0.2, -0.15) is 5.10 Å². The fourth-order valence-corrected chi connectivity index (χ4v) is 3.24. The molecule has 0 spiro atoms. The third-order valence-corrected chi connectivity index (χ3v) is 5.04. The summed E-state index contributed by atoms with van der Waals surface area (Å²) >= 11 is 7.66. The van der Waals surface area contributed by atoms with E-state index >= 15 is 0 Å². The van der Waals surface area contributed by atoms with Gasteiger partial charge in [-0.3, -0.25) is 4.99 Å². The Bertz CT molecular complexity index is 830. The van der Waals surface area contributed by atoms with Crippen LogP contribution in [0.25, 0.3) is 5.69 Å². The van der Waals surface area contributed by atoms with E-state index < -0.39 is 0 Å². The summed E-state index contributed by atoms with van der Waals surface area (Å²) in [4.78, 5) is 5.56. The van der Waals surface area contributed by atoms with Crippen molar-refractivity contribution in [2.45, 2.75) is 19.5 Å². The summed E-state index contributed by atoms with van der Waals surface area (Å²) in [6, 6.07) is 12.0. The Kier molecular flexibility index (Phi) is 7.92. The lowest BCUT2D eigenvalue weighted by atomic mass is 10.3. The quantitative estimate of drug-likeness (QED) is 0.304. The first-order valence-electron chi connectivity index (χ1n) is 7.96. The van der Waals surface area contributed by atoms with Gasteiger partial charge in [-0.05, 0) is 42.6 Å². The number of hydrogen-bond acceptors (Lipinski definition) is 3. The topological polar surface area (TPSA) is 54.2 Å². The van der Waals surface area contributed by atoms with E-state index in [9.17, 15) is 0 Å². The first-order chi connectivity index (χ1) is 12.2. The number of rotatable bonds is 5. The van der Waals surface area contributed by atoms with Crippen molar-refractivity contribution in [3.8, 4) is 5.69 Å². The van der Waals surface area contributed by atoms with Crippen LogP contribution >= 0.6 is 46.9 Å². The standard InChI is InChI=1S/C18H20ClN5S.HI/c1-13(17-4-3-9-25-17)23-18(20-2)21-10-14-11-22-24(12-14)16-7-5-15(19)6-8-16;/h3-9,11-13H,10H2,1-2H3,(H2,20,21,23);1H. The fourth-order valence-electron chi connectivity index (χ4n) is 2.38. The molecular weight excluding hydrogens is 481 g/mol. The van der Waals surface area contributed by atoms with Gasteiger partial charge < -0.3 is 10.6 Å². The number of halogens is 2. The van der Waals surface area contributed by atoms with Crippen molar-refractivity contribution in [1.82, 2.24) is 20.4 Å². The lowest BCUT2D eigenvalue weighted by Gasteiger charge is -2.16. The molecule has 26 heavy (non-hydrogen) atoms. The third-order valence-electron chi connectivity index (χ3n) is 3.73. The second-order valence-electron chi connectivity index (χ2n) is 5.58. The smallest absolute Gasteiger partial charge is 0.191 e. The summed E-state index contributed by atoms with van der Waals surface area (Å²) in [7, 11) is 1.77. The molecule has 3 rings (SSSR count). The number of thiophene rings is 1. The first kappa shape index (κ1) is 20.7. The molecule has 0 bridgehead atoms. The van der Waals surface area contributed by atoms with Crippen LogP contribution in [0.1, 0.15) is 23.4 Å². The zero-order chi connectivity index (χ0) is 17.6. The molecule has 0 radical (unpaired) electrons. The van der Waals surface area contributed by atoms with Crippen molar-refractivity contribution >= 4 is 52.9 Å². The van der Waals surface area contributed by atoms with Gasteiger partial charge in [0.2, 0.25) is 0 Å². The molecule has 2 N–H and O–H groups in total. The van der Waals surface area contributed by atoms with E-state index in [-0.39, 0.29) is 30.0 Å². The highest BCUT2D eigenvalue weighted by Gasteiger charge is 2.09. The lowest BCUT2D eigenvalue weighted by Crippen LogP contribution is -2.38. The van der Waals surface area contributed by atoms with Crippen LogP contribution in [0, 0.1) is 0 Å². The zero-order valence-corrected chi connectivity index (χ0v) is 18.4. The maximum Gasteiger partial charge on any atom is 0.191 e. The van der Waals surface area contributed by atoms with Crippen molar-refractivity contribution in [2.24, 2.45) is 4.99 Å². The van der Waals surface area contributed by atoms with Crippen molar-refractivity contribution in [3.05, 3.63) is 69.6 Å². The van der Waals surface area contributed by atoms with E-state index in [2.05, 4.69) is 45.2 Å². The Morgan fingerprint density at radius 2 is 2.08 bits per heavy atom. The molecule has 138 valence electrons. The molecule has 0 saturated carbocycles. The van der Waals surface area contributed by atoms with E-state index in [0.717, 1.165) is 17.2 Å². The minimum absolute atomic E-state index is 0. The molecule has 0 saturated heterocycles. The van der Waals surface area contributed by atoms with Gasteiger partial charge in [-0.1, -0.05) is 17.7 Å². The van der Waals surface area contributed by atoms with Crippen LogP contribution in [-0.2, 0) is 6.54 Å². The van der Waals surface area contributed by atoms with Gasteiger partial charge in [0.15, 0.2) is 5.96 Å². The maximum absolute atomic E-state index is 5.92. The summed E-state index contributed by atoms with van der Waals surface area (Å²) in [5.74, 6) is 0.764. The Hall–Kier alpha value is -1.58. The van der Waals surface area contributed by atoms with Crippen molar-refractivity contribution in [3.63, 3.8) is 0 Å². The van der Waals surface area contributed by atoms with Gasteiger partial charge in [0.25, 0.3) is 0 Å². The largest absolute Gasteiger partial charge is 0.352 e. The van der Waals surface area contributed by atoms with Crippen molar-refractivity contribution in [2.75, 3.05) is 7.05 Å². The summed E-state index contributed by atoms with van der Waals surface area (Å²) in [6.07, 6.45) is 3.84. The number of benzene rings is 1. The highest BCUT2D eigenvalue weighted by Crippen LogP contribution is 2.18. The van der Waals surface area contributed by atoms with Crippen LogP contribution in [0.4, 0.5) is 0 Å². The number of aliphatic imine (C=N–C) groups is 1. The number of nitrogens with zero attached hydrogens (tertiary/aromatic N) is 3. The molecule has 1 atom stereocenters. The summed E-state index contributed by atoms with van der Waals surface area (Å²) < 4.78 is 1.83. The van der Waals surface area contributed by atoms with Gasteiger partial charge >= 0.3 is 0 Å². The second-order valence-corrected chi connectivity index (χ2v) is 6.99. The Balaban J connectivity index is 0.00000243. The highest BCUT2D eigenvalue weighted by atomic mass is 127. The summed E-state index contributed by atoms with van der Waals surface area (Å²) in [5.41, 5.74) is 2.05. The molecule has 2 heterocycles. The van der Waals surface area contributed by atoms with Crippen LogP contribution in [0.15, 0.2) is 59.2 Å². The number of aromatic nitrogens is 2. The molecule has 0 fully saturated rings. The van der Waals surface area contributed by atoms with Gasteiger partial charge in [0, 0.05) is 35.3 Å². The van der Waals surface area contributed by atoms with Crippen LogP contribution in [0.2, 0.25) is 5.02 Å². The van der Waals surface area contributed by atoms with Crippen LogP contribution in [0.3, 0.4) is 0 Å². The van der Waals surface area contributed by atoms with E-state index in [4.69, 9.17) is 11.6 Å². The molecule has 3 aromatic rings. The predicted octanol–water partition coefficient (Wildman–Crippen LogP) is 4.63. The molecule has 5 nitrogen and oxygen atoms in total. The van der Waals surface area contributed by atoms with E-state index in [1.165, 1.54) is 4.88 Å². The van der Waals surface area contributed by atoms with Crippen molar-refractivity contribution < 1.29 is 0 Å². The molecule has 0 aliphatic carbocycles. The molecule has 1 aromatic carbocycles. The average molecular weight is 502 g/mol. The van der Waals surface area contributed by atoms with Crippen LogP contribution in [0.5, 0.6) is 0 Å². The molecule has 1 unspecified atom stereocenters. The van der Waals surface area contributed by atoms with E-state index in [1.807, 2.05) is 41.3 Å². The van der Waals surface area contributed by atoms with Crippen LogP contribution < -0.4 is 10.6 Å². The normalized spacial score (nSPS) is 12.3. The SMILES string of the molecule is CN=C(NCc1cnn(-c2ccc(Cl)cc2)c1)NC(C)c1cccs1.I. The number of guanidine groups is 1. The monoisotopic (exact) mass is 501 g/mol. The minimum atomic E-state index is 0.